The van der Waals surface area contributed by atoms with E-state index in [1.54, 1.807) is 0 Å². The molecule has 0 bridgehead atoms. The molecule has 0 aliphatic heterocycles. The van der Waals surface area contributed by atoms with E-state index in [4.69, 9.17) is 16.2 Å². The van der Waals surface area contributed by atoms with Crippen LogP contribution in [0.2, 0.25) is 0 Å². The van der Waals surface area contributed by atoms with Gasteiger partial charge in [-0.15, -0.1) is 11.3 Å². The Morgan fingerprint density at radius 3 is 2.56 bits per heavy atom. The minimum atomic E-state index is -0.718. The van der Waals surface area contributed by atoms with Crippen LogP contribution in [0.5, 0.6) is 0 Å². The summed E-state index contributed by atoms with van der Waals surface area (Å²) in [5, 5.41) is 0. The van der Waals surface area contributed by atoms with Crippen LogP contribution in [0.25, 0.3) is 0 Å². The molecule has 0 amide bonds. The molecule has 0 radical (unpaired) electrons. The lowest BCUT2D eigenvalue weighted by Gasteiger charge is -2.21. The average Bonchev–Trinajstić information content (AvgIpc) is 2.61. The summed E-state index contributed by atoms with van der Waals surface area (Å²) in [6.45, 7) is 5.91. The van der Waals surface area contributed by atoms with Crippen LogP contribution in [0, 0.1) is 0 Å². The van der Waals surface area contributed by atoms with Crippen LogP contribution in [0.1, 0.15) is 36.6 Å². The second-order valence-electron chi connectivity index (χ2n) is 4.52. The minimum absolute atomic E-state index is 0.405. The summed E-state index contributed by atoms with van der Waals surface area (Å²) in [5.41, 5.74) is 10.8. The fourth-order valence-corrected chi connectivity index (χ4v) is 2.03. The highest BCUT2D eigenvalue weighted by Gasteiger charge is 2.24. The van der Waals surface area contributed by atoms with E-state index >= 15 is 0 Å². The molecule has 0 aliphatic rings. The second-order valence-corrected chi connectivity index (χ2v) is 5.72. The lowest BCUT2D eigenvalue weighted by molar-refractivity contribution is -0.156. The molecular weight excluding hydrogens is 224 g/mol. The third-order valence-electron chi connectivity index (χ3n) is 1.85. The van der Waals surface area contributed by atoms with E-state index in [0.29, 0.717) is 6.54 Å². The number of ether oxygens (including phenoxy) is 1. The number of esters is 1. The van der Waals surface area contributed by atoms with Gasteiger partial charge in [0.2, 0.25) is 0 Å². The van der Waals surface area contributed by atoms with Gasteiger partial charge in [0.05, 0.1) is 0 Å². The minimum Gasteiger partial charge on any atom is -0.459 e. The molecule has 0 aliphatic carbocycles. The van der Waals surface area contributed by atoms with Crippen molar-refractivity contribution in [2.24, 2.45) is 11.5 Å². The summed E-state index contributed by atoms with van der Waals surface area (Å²) in [6.07, 6.45) is 0. The van der Waals surface area contributed by atoms with E-state index in [-0.39, 0.29) is 0 Å². The molecule has 0 spiro atoms. The fourth-order valence-electron chi connectivity index (χ4n) is 1.15. The molecule has 1 aromatic heterocycles. The van der Waals surface area contributed by atoms with Gasteiger partial charge in [0, 0.05) is 16.3 Å². The van der Waals surface area contributed by atoms with Crippen molar-refractivity contribution in [3.05, 3.63) is 21.9 Å². The number of carbonyl (C=O) groups excluding carboxylic acids is 1. The highest BCUT2D eigenvalue weighted by Crippen LogP contribution is 2.23. The molecule has 90 valence electrons. The van der Waals surface area contributed by atoms with E-state index in [0.717, 1.165) is 9.75 Å². The second kappa shape index (κ2) is 4.95. The van der Waals surface area contributed by atoms with Crippen molar-refractivity contribution in [3.8, 4) is 0 Å². The molecule has 1 atom stereocenters. The first-order valence-corrected chi connectivity index (χ1v) is 5.92. The van der Waals surface area contributed by atoms with E-state index < -0.39 is 17.6 Å². The van der Waals surface area contributed by atoms with E-state index in [9.17, 15) is 4.79 Å². The summed E-state index contributed by atoms with van der Waals surface area (Å²) in [4.78, 5) is 13.5. The number of thiophene rings is 1. The summed E-state index contributed by atoms with van der Waals surface area (Å²) in [5.74, 6) is -0.405. The quantitative estimate of drug-likeness (QED) is 0.788. The first kappa shape index (κ1) is 13.2. The van der Waals surface area contributed by atoms with Gasteiger partial charge in [-0.25, -0.2) is 4.79 Å². The number of carbonyl (C=O) groups is 1. The molecule has 4 N–H and O–H groups in total. The van der Waals surface area contributed by atoms with Gasteiger partial charge in [0.15, 0.2) is 0 Å². The highest BCUT2D eigenvalue weighted by atomic mass is 32.1. The average molecular weight is 242 g/mol. The smallest absolute Gasteiger partial charge is 0.328 e. The van der Waals surface area contributed by atoms with Crippen LogP contribution in [0.3, 0.4) is 0 Å². The molecule has 1 rings (SSSR count). The molecule has 0 saturated heterocycles. The maximum atomic E-state index is 11.7. The standard InChI is InChI=1S/C11H18N2O2S/c1-11(2,3)15-10(14)9(13)8-5-4-7(6-12)16-8/h4-5,9H,6,12-13H2,1-3H3. The van der Waals surface area contributed by atoms with Crippen molar-refractivity contribution >= 4 is 17.3 Å². The van der Waals surface area contributed by atoms with Crippen LogP contribution in [-0.4, -0.2) is 11.6 Å². The molecular formula is C11H18N2O2S. The number of rotatable bonds is 3. The van der Waals surface area contributed by atoms with Gasteiger partial charge in [0.25, 0.3) is 0 Å². The van der Waals surface area contributed by atoms with Gasteiger partial charge in [-0.05, 0) is 32.9 Å². The van der Waals surface area contributed by atoms with Gasteiger partial charge in [-0.1, -0.05) is 0 Å². The fraction of sp³-hybridized carbons (Fsp3) is 0.545. The molecule has 16 heavy (non-hydrogen) atoms. The maximum Gasteiger partial charge on any atom is 0.328 e. The topological polar surface area (TPSA) is 78.3 Å². The van der Waals surface area contributed by atoms with Crippen LogP contribution < -0.4 is 11.5 Å². The Morgan fingerprint density at radius 2 is 2.12 bits per heavy atom. The lowest BCUT2D eigenvalue weighted by atomic mass is 10.2. The summed E-state index contributed by atoms with van der Waals surface area (Å²) in [6, 6.07) is 2.98. The van der Waals surface area contributed by atoms with E-state index in [1.165, 1.54) is 11.3 Å². The first-order chi connectivity index (χ1) is 7.33. The molecule has 4 nitrogen and oxygen atoms in total. The molecule has 0 saturated carbocycles. The summed E-state index contributed by atoms with van der Waals surface area (Å²) < 4.78 is 5.21. The van der Waals surface area contributed by atoms with Crippen LogP contribution in [0.4, 0.5) is 0 Å². The molecule has 1 unspecified atom stereocenters. The summed E-state index contributed by atoms with van der Waals surface area (Å²) in [7, 11) is 0. The van der Waals surface area contributed by atoms with Gasteiger partial charge in [-0.2, -0.15) is 0 Å². The van der Waals surface area contributed by atoms with Crippen LogP contribution in [0.15, 0.2) is 12.1 Å². The zero-order chi connectivity index (χ0) is 12.3. The molecule has 1 aromatic rings. The largest absolute Gasteiger partial charge is 0.459 e. The first-order valence-electron chi connectivity index (χ1n) is 5.10. The SMILES string of the molecule is CC(C)(C)OC(=O)C(N)c1ccc(CN)s1. The monoisotopic (exact) mass is 242 g/mol. The van der Waals surface area contributed by atoms with Crippen molar-refractivity contribution in [1.82, 2.24) is 0 Å². The Morgan fingerprint density at radius 1 is 1.50 bits per heavy atom. The normalized spacial score (nSPS) is 13.6. The predicted molar refractivity (Wildman–Crippen MR) is 65.0 cm³/mol. The third kappa shape index (κ3) is 3.59. The van der Waals surface area contributed by atoms with Crippen molar-refractivity contribution in [1.29, 1.82) is 0 Å². The highest BCUT2D eigenvalue weighted by molar-refractivity contribution is 7.12. The predicted octanol–water partition coefficient (Wildman–Crippen LogP) is 1.55. The van der Waals surface area contributed by atoms with Crippen molar-refractivity contribution < 1.29 is 9.53 Å². The van der Waals surface area contributed by atoms with Gasteiger partial charge in [0.1, 0.15) is 11.6 Å². The Balaban J connectivity index is 2.70. The Kier molecular flexibility index (Phi) is 4.07. The third-order valence-corrected chi connectivity index (χ3v) is 3.04. The Hall–Kier alpha value is -0.910. The Bertz CT molecular complexity index is 368. The van der Waals surface area contributed by atoms with Gasteiger partial charge in [-0.3, -0.25) is 0 Å². The van der Waals surface area contributed by atoms with Crippen LogP contribution in [-0.2, 0) is 16.1 Å². The zero-order valence-corrected chi connectivity index (χ0v) is 10.6. The number of nitrogens with two attached hydrogens (primary N) is 2. The van der Waals surface area contributed by atoms with Crippen molar-refractivity contribution in [2.45, 2.75) is 39.0 Å². The van der Waals surface area contributed by atoms with Crippen molar-refractivity contribution in [2.75, 3.05) is 0 Å². The molecule has 0 aromatic carbocycles. The number of hydrogen-bond acceptors (Lipinski definition) is 5. The zero-order valence-electron chi connectivity index (χ0n) is 9.82. The van der Waals surface area contributed by atoms with Gasteiger partial charge < -0.3 is 16.2 Å². The van der Waals surface area contributed by atoms with Crippen molar-refractivity contribution in [3.63, 3.8) is 0 Å². The maximum absolute atomic E-state index is 11.7. The summed E-state index contributed by atoms with van der Waals surface area (Å²) >= 11 is 1.44. The lowest BCUT2D eigenvalue weighted by Crippen LogP contribution is -2.31. The molecule has 0 fully saturated rings. The van der Waals surface area contributed by atoms with Crippen LogP contribution >= 0.6 is 11.3 Å². The number of hydrogen-bond donors (Lipinski definition) is 2. The molecule has 1 heterocycles. The molecule has 5 heteroatoms. The van der Waals surface area contributed by atoms with Gasteiger partial charge >= 0.3 is 5.97 Å². The Labute approximate surface area is 99.6 Å². The van der Waals surface area contributed by atoms with E-state index in [2.05, 4.69) is 0 Å². The van der Waals surface area contributed by atoms with E-state index in [1.807, 2.05) is 32.9 Å².